The molecule has 124 valence electrons. The maximum atomic E-state index is 12.8. The summed E-state index contributed by atoms with van der Waals surface area (Å²) in [6, 6.07) is 7.58. The summed E-state index contributed by atoms with van der Waals surface area (Å²) < 4.78 is 44.5. The van der Waals surface area contributed by atoms with Crippen LogP contribution >= 0.6 is 0 Å². The lowest BCUT2D eigenvalue weighted by molar-refractivity contribution is -0.141. The van der Waals surface area contributed by atoms with Crippen molar-refractivity contribution in [2.24, 2.45) is 0 Å². The van der Waals surface area contributed by atoms with Gasteiger partial charge in [-0.25, -0.2) is 4.79 Å². The Labute approximate surface area is 129 Å². The van der Waals surface area contributed by atoms with Gasteiger partial charge in [-0.3, -0.25) is 4.68 Å². The predicted molar refractivity (Wildman–Crippen MR) is 74.2 cm³/mol. The van der Waals surface area contributed by atoms with E-state index in [1.807, 2.05) is 5.32 Å². The monoisotopic (exact) mass is 329 g/mol. The summed E-state index contributed by atoms with van der Waals surface area (Å²) in [7, 11) is 1.51. The molecule has 2 rings (SSSR count). The third kappa shape index (κ3) is 4.38. The number of halogens is 3. The van der Waals surface area contributed by atoms with Gasteiger partial charge in [0.15, 0.2) is 5.69 Å². The van der Waals surface area contributed by atoms with Gasteiger partial charge in [0.25, 0.3) is 0 Å². The molecule has 1 aromatic carbocycles. The second-order valence-electron chi connectivity index (χ2n) is 4.68. The van der Waals surface area contributed by atoms with E-state index in [-0.39, 0.29) is 18.8 Å². The van der Waals surface area contributed by atoms with E-state index in [4.69, 9.17) is 9.84 Å². The van der Waals surface area contributed by atoms with Crippen molar-refractivity contribution < 1.29 is 27.8 Å². The fourth-order valence-corrected chi connectivity index (χ4v) is 1.94. The molecule has 0 aliphatic heterocycles. The largest absolute Gasteiger partial charge is 0.497 e. The Bertz CT molecular complexity index is 681. The Kier molecular flexibility index (Phi) is 4.77. The average molecular weight is 329 g/mol. The molecule has 2 aromatic rings. The first-order valence-corrected chi connectivity index (χ1v) is 6.53. The van der Waals surface area contributed by atoms with Gasteiger partial charge in [0, 0.05) is 0 Å². The molecule has 1 heterocycles. The number of aromatic nitrogens is 2. The molecule has 0 bridgehead atoms. The predicted octanol–water partition coefficient (Wildman–Crippen LogP) is 2.73. The van der Waals surface area contributed by atoms with E-state index >= 15 is 0 Å². The van der Waals surface area contributed by atoms with Gasteiger partial charge < -0.3 is 15.2 Å². The molecule has 0 spiro atoms. The van der Waals surface area contributed by atoms with Gasteiger partial charge in [-0.2, -0.15) is 18.3 Å². The standard InChI is InChI=1S/C14H14F3N3O3/c1-23-11-4-2-9(3-5-11)8-20-10(7-18-13(21)22)6-12(19-20)14(15,16)17/h2-6,18H,7-8H2,1H3,(H,21,22). The van der Waals surface area contributed by atoms with Crippen LogP contribution in [0.2, 0.25) is 0 Å². The smallest absolute Gasteiger partial charge is 0.435 e. The number of carbonyl (C=O) groups is 1. The number of rotatable bonds is 5. The molecule has 0 saturated carbocycles. The minimum absolute atomic E-state index is 0.0801. The number of ether oxygens (including phenoxy) is 1. The van der Waals surface area contributed by atoms with Crippen molar-refractivity contribution in [3.8, 4) is 5.75 Å². The summed E-state index contributed by atoms with van der Waals surface area (Å²) >= 11 is 0. The first kappa shape index (κ1) is 16.7. The van der Waals surface area contributed by atoms with Crippen LogP contribution in [0.15, 0.2) is 30.3 Å². The van der Waals surface area contributed by atoms with E-state index in [1.165, 1.54) is 7.11 Å². The van der Waals surface area contributed by atoms with E-state index in [2.05, 4.69) is 5.10 Å². The van der Waals surface area contributed by atoms with Crippen LogP contribution in [-0.2, 0) is 19.3 Å². The first-order valence-electron chi connectivity index (χ1n) is 6.53. The summed E-state index contributed by atoms with van der Waals surface area (Å²) in [6.07, 6.45) is -5.92. The second-order valence-corrected chi connectivity index (χ2v) is 4.68. The zero-order chi connectivity index (χ0) is 17.0. The topological polar surface area (TPSA) is 76.4 Å². The third-order valence-electron chi connectivity index (χ3n) is 3.07. The fraction of sp³-hybridized carbons (Fsp3) is 0.286. The van der Waals surface area contributed by atoms with Crippen LogP contribution in [0.5, 0.6) is 5.75 Å². The summed E-state index contributed by atoms with van der Waals surface area (Å²) in [6.45, 7) is -0.189. The maximum Gasteiger partial charge on any atom is 0.435 e. The summed E-state index contributed by atoms with van der Waals surface area (Å²) in [4.78, 5) is 10.5. The van der Waals surface area contributed by atoms with Crippen molar-refractivity contribution >= 4 is 6.09 Å². The first-order chi connectivity index (χ1) is 10.8. The number of amides is 1. The number of benzene rings is 1. The highest BCUT2D eigenvalue weighted by Crippen LogP contribution is 2.29. The molecule has 0 fully saturated rings. The van der Waals surface area contributed by atoms with Gasteiger partial charge in [-0.05, 0) is 23.8 Å². The number of methoxy groups -OCH3 is 1. The van der Waals surface area contributed by atoms with E-state index in [0.29, 0.717) is 11.3 Å². The van der Waals surface area contributed by atoms with Crippen molar-refractivity contribution in [2.75, 3.05) is 7.11 Å². The number of hydrogen-bond acceptors (Lipinski definition) is 3. The molecule has 0 atom stereocenters. The molecule has 1 amide bonds. The Morgan fingerprint density at radius 2 is 2.00 bits per heavy atom. The van der Waals surface area contributed by atoms with Crippen molar-refractivity contribution in [3.63, 3.8) is 0 Å². The number of alkyl halides is 3. The molecule has 1 aromatic heterocycles. The van der Waals surface area contributed by atoms with Gasteiger partial charge in [-0.1, -0.05) is 12.1 Å². The fourth-order valence-electron chi connectivity index (χ4n) is 1.94. The third-order valence-corrected chi connectivity index (χ3v) is 3.07. The summed E-state index contributed by atoms with van der Waals surface area (Å²) in [5.74, 6) is 0.623. The molecule has 0 aliphatic carbocycles. The maximum absolute atomic E-state index is 12.8. The zero-order valence-electron chi connectivity index (χ0n) is 12.1. The van der Waals surface area contributed by atoms with Gasteiger partial charge in [0.1, 0.15) is 5.75 Å². The Morgan fingerprint density at radius 3 is 2.52 bits per heavy atom. The zero-order valence-corrected chi connectivity index (χ0v) is 12.1. The highest BCUT2D eigenvalue weighted by molar-refractivity contribution is 5.64. The molecule has 0 radical (unpaired) electrons. The summed E-state index contributed by atoms with van der Waals surface area (Å²) in [5.41, 5.74) is -0.233. The molecule has 6 nitrogen and oxygen atoms in total. The van der Waals surface area contributed by atoms with Crippen LogP contribution < -0.4 is 10.1 Å². The van der Waals surface area contributed by atoms with Crippen LogP contribution in [-0.4, -0.2) is 28.1 Å². The van der Waals surface area contributed by atoms with Crippen LogP contribution in [0.4, 0.5) is 18.0 Å². The van der Waals surface area contributed by atoms with E-state index < -0.39 is 18.0 Å². The average Bonchev–Trinajstić information content (AvgIpc) is 2.89. The minimum Gasteiger partial charge on any atom is -0.497 e. The van der Waals surface area contributed by atoms with Crippen LogP contribution in [0.25, 0.3) is 0 Å². The van der Waals surface area contributed by atoms with E-state index in [0.717, 1.165) is 10.7 Å². The molecule has 0 aliphatic rings. The number of carboxylic acid groups (broad SMARTS) is 1. The van der Waals surface area contributed by atoms with Gasteiger partial charge in [-0.15, -0.1) is 0 Å². The lowest BCUT2D eigenvalue weighted by Gasteiger charge is -2.08. The molecule has 2 N–H and O–H groups in total. The SMILES string of the molecule is COc1ccc(Cn2nc(C(F)(F)F)cc2CNC(=O)O)cc1. The van der Waals surface area contributed by atoms with Gasteiger partial charge >= 0.3 is 12.3 Å². The van der Waals surface area contributed by atoms with Gasteiger partial charge in [0.05, 0.1) is 25.9 Å². The van der Waals surface area contributed by atoms with Crippen molar-refractivity contribution in [1.82, 2.24) is 15.1 Å². The molecule has 0 unspecified atom stereocenters. The van der Waals surface area contributed by atoms with Crippen molar-refractivity contribution in [3.05, 3.63) is 47.3 Å². The van der Waals surface area contributed by atoms with Crippen molar-refractivity contribution in [2.45, 2.75) is 19.3 Å². The van der Waals surface area contributed by atoms with E-state index in [1.54, 1.807) is 24.3 Å². The minimum atomic E-state index is -4.59. The number of nitrogens with one attached hydrogen (secondary N) is 1. The van der Waals surface area contributed by atoms with Gasteiger partial charge in [0.2, 0.25) is 0 Å². The highest BCUT2D eigenvalue weighted by Gasteiger charge is 2.34. The van der Waals surface area contributed by atoms with Crippen molar-refractivity contribution in [1.29, 1.82) is 0 Å². The Balaban J connectivity index is 2.26. The molecule has 9 heteroatoms. The summed E-state index contributed by atoms with van der Waals surface area (Å²) in [5, 5.41) is 14.2. The Morgan fingerprint density at radius 1 is 1.35 bits per heavy atom. The number of nitrogens with zero attached hydrogens (tertiary/aromatic N) is 2. The quantitative estimate of drug-likeness (QED) is 0.884. The molecular formula is C14H14F3N3O3. The molecule has 23 heavy (non-hydrogen) atoms. The normalized spacial score (nSPS) is 11.3. The highest BCUT2D eigenvalue weighted by atomic mass is 19.4. The van der Waals surface area contributed by atoms with E-state index in [9.17, 15) is 18.0 Å². The lowest BCUT2D eigenvalue weighted by Crippen LogP contribution is -2.22. The van der Waals surface area contributed by atoms with Crippen LogP contribution in [0.1, 0.15) is 17.0 Å². The number of hydrogen-bond donors (Lipinski definition) is 2. The molecule has 0 saturated heterocycles. The van der Waals surface area contributed by atoms with Crippen LogP contribution in [0, 0.1) is 0 Å². The Hall–Kier alpha value is -2.71. The lowest BCUT2D eigenvalue weighted by atomic mass is 10.2. The molecular weight excluding hydrogens is 315 g/mol. The second kappa shape index (κ2) is 6.59. The van der Waals surface area contributed by atoms with Crippen LogP contribution in [0.3, 0.4) is 0 Å².